The zero-order valence-electron chi connectivity index (χ0n) is 11.7. The van der Waals surface area contributed by atoms with Crippen LogP contribution in [0.5, 0.6) is 0 Å². The Morgan fingerprint density at radius 3 is 2.90 bits per heavy atom. The van der Waals surface area contributed by atoms with Gasteiger partial charge in [0.15, 0.2) is 0 Å². The molecule has 2 aliphatic rings. The number of aromatic nitrogens is 1. The Hall–Kier alpha value is -1.94. The number of carbonyl (C=O) groups is 1. The summed E-state index contributed by atoms with van der Waals surface area (Å²) >= 11 is 0. The molecule has 4 heteroatoms. The summed E-state index contributed by atoms with van der Waals surface area (Å²) in [5.41, 5.74) is 1.13. The molecule has 0 aliphatic carbocycles. The van der Waals surface area contributed by atoms with E-state index in [2.05, 4.69) is 4.98 Å². The van der Waals surface area contributed by atoms with Crippen molar-refractivity contribution in [3.8, 4) is 0 Å². The highest BCUT2D eigenvalue weighted by Crippen LogP contribution is 2.50. The van der Waals surface area contributed by atoms with Gasteiger partial charge in [0.2, 0.25) is 0 Å². The molecule has 2 aromatic rings. The minimum Gasteiger partial charge on any atom is -0.481 e. The lowest BCUT2D eigenvalue weighted by molar-refractivity contribution is -0.152. The molecule has 2 fully saturated rings. The molecule has 1 aromatic heterocycles. The van der Waals surface area contributed by atoms with Gasteiger partial charge in [-0.3, -0.25) is 9.78 Å². The Morgan fingerprint density at radius 2 is 2.19 bits per heavy atom. The van der Waals surface area contributed by atoms with Gasteiger partial charge in [-0.1, -0.05) is 24.3 Å². The van der Waals surface area contributed by atoms with Crippen LogP contribution in [-0.2, 0) is 16.0 Å². The van der Waals surface area contributed by atoms with Crippen LogP contribution in [0.3, 0.4) is 0 Å². The molecule has 3 heterocycles. The van der Waals surface area contributed by atoms with Crippen molar-refractivity contribution >= 4 is 16.9 Å². The van der Waals surface area contributed by atoms with Crippen molar-refractivity contribution < 1.29 is 14.6 Å². The van der Waals surface area contributed by atoms with E-state index in [1.165, 1.54) is 0 Å². The summed E-state index contributed by atoms with van der Waals surface area (Å²) in [6.45, 7) is 0. The molecule has 1 aromatic carbocycles. The average Bonchev–Trinajstić information content (AvgIpc) is 3.09. The fraction of sp³-hybridized carbons (Fsp3) is 0.412. The van der Waals surface area contributed by atoms with Crippen LogP contribution in [0.1, 0.15) is 24.8 Å². The number of nitrogens with zero attached hydrogens (tertiary/aromatic N) is 1. The molecule has 0 radical (unpaired) electrons. The first-order valence-corrected chi connectivity index (χ1v) is 7.40. The van der Waals surface area contributed by atoms with Gasteiger partial charge in [0, 0.05) is 11.6 Å². The monoisotopic (exact) mass is 283 g/mol. The summed E-state index contributed by atoms with van der Waals surface area (Å²) in [4.78, 5) is 16.4. The molecule has 1 N–H and O–H groups in total. The SMILES string of the molecule is O=C(O)C1(Cc2cccc3cccnc23)CC2CCC1O2. The normalized spacial score (nSPS) is 30.9. The lowest BCUT2D eigenvalue weighted by atomic mass is 9.70. The lowest BCUT2D eigenvalue weighted by Gasteiger charge is -2.31. The summed E-state index contributed by atoms with van der Waals surface area (Å²) in [6, 6.07) is 9.89. The van der Waals surface area contributed by atoms with Crippen molar-refractivity contribution in [2.45, 2.75) is 37.9 Å². The van der Waals surface area contributed by atoms with Crippen molar-refractivity contribution in [1.82, 2.24) is 4.98 Å². The van der Waals surface area contributed by atoms with Crippen LogP contribution >= 0.6 is 0 Å². The maximum atomic E-state index is 12.0. The van der Waals surface area contributed by atoms with Gasteiger partial charge in [0.1, 0.15) is 5.41 Å². The largest absolute Gasteiger partial charge is 0.481 e. The highest BCUT2D eigenvalue weighted by molar-refractivity contribution is 5.83. The van der Waals surface area contributed by atoms with Gasteiger partial charge >= 0.3 is 5.97 Å². The number of benzene rings is 1. The molecule has 0 spiro atoms. The maximum Gasteiger partial charge on any atom is 0.312 e. The molecular formula is C17H17NO3. The van der Waals surface area contributed by atoms with Gasteiger partial charge in [-0.25, -0.2) is 0 Å². The average molecular weight is 283 g/mol. The zero-order chi connectivity index (χ0) is 14.4. The van der Waals surface area contributed by atoms with Crippen LogP contribution in [0, 0.1) is 5.41 Å². The molecule has 108 valence electrons. The number of rotatable bonds is 3. The van der Waals surface area contributed by atoms with Gasteiger partial charge in [-0.15, -0.1) is 0 Å². The van der Waals surface area contributed by atoms with Gasteiger partial charge in [-0.2, -0.15) is 0 Å². The topological polar surface area (TPSA) is 59.4 Å². The van der Waals surface area contributed by atoms with Crippen LogP contribution in [-0.4, -0.2) is 28.3 Å². The fourth-order valence-electron chi connectivity index (χ4n) is 3.94. The van der Waals surface area contributed by atoms with Crippen LogP contribution in [0.2, 0.25) is 0 Å². The van der Waals surface area contributed by atoms with Gasteiger partial charge in [-0.05, 0) is 37.3 Å². The second-order valence-electron chi connectivity index (χ2n) is 6.16. The van der Waals surface area contributed by atoms with Gasteiger partial charge in [0.25, 0.3) is 0 Å². The van der Waals surface area contributed by atoms with Crippen LogP contribution in [0.4, 0.5) is 0 Å². The van der Waals surface area contributed by atoms with Crippen molar-refractivity contribution in [3.05, 3.63) is 42.1 Å². The highest BCUT2D eigenvalue weighted by atomic mass is 16.5. The van der Waals surface area contributed by atoms with Crippen LogP contribution in [0.15, 0.2) is 36.5 Å². The number of carboxylic acids is 1. The van der Waals surface area contributed by atoms with E-state index < -0.39 is 11.4 Å². The molecule has 0 amide bonds. The standard InChI is InChI=1S/C17H17NO3/c19-16(20)17(10-13-6-7-14(17)21-13)9-12-4-1-3-11-5-2-8-18-15(11)12/h1-5,8,13-14H,6-7,9-10H2,(H,19,20). The van der Waals surface area contributed by atoms with Crippen molar-refractivity contribution in [2.24, 2.45) is 5.41 Å². The fourth-order valence-corrected chi connectivity index (χ4v) is 3.94. The second kappa shape index (κ2) is 4.53. The Balaban J connectivity index is 1.78. The van der Waals surface area contributed by atoms with Gasteiger partial charge in [0.05, 0.1) is 17.7 Å². The Kier molecular flexibility index (Phi) is 2.76. The predicted octanol–water partition coefficient (Wildman–Crippen LogP) is 2.80. The molecule has 2 saturated heterocycles. The third kappa shape index (κ3) is 1.86. The number of hydrogen-bond acceptors (Lipinski definition) is 3. The van der Waals surface area contributed by atoms with E-state index in [4.69, 9.17) is 4.74 Å². The summed E-state index contributed by atoms with van der Waals surface area (Å²) in [6.07, 6.45) is 4.70. The van der Waals surface area contributed by atoms with E-state index >= 15 is 0 Å². The van der Waals surface area contributed by atoms with Crippen molar-refractivity contribution in [1.29, 1.82) is 0 Å². The van der Waals surface area contributed by atoms with E-state index in [-0.39, 0.29) is 12.2 Å². The number of hydrogen-bond donors (Lipinski definition) is 1. The molecule has 4 rings (SSSR count). The summed E-state index contributed by atoms with van der Waals surface area (Å²) in [5, 5.41) is 10.9. The Bertz CT molecular complexity index is 709. The van der Waals surface area contributed by atoms with E-state index in [9.17, 15) is 9.90 Å². The third-order valence-electron chi connectivity index (χ3n) is 4.96. The van der Waals surface area contributed by atoms with E-state index in [1.807, 2.05) is 30.3 Å². The zero-order valence-corrected chi connectivity index (χ0v) is 11.7. The minimum absolute atomic E-state index is 0.119. The molecule has 21 heavy (non-hydrogen) atoms. The first kappa shape index (κ1) is 12.8. The second-order valence-corrected chi connectivity index (χ2v) is 6.16. The van der Waals surface area contributed by atoms with E-state index in [0.717, 1.165) is 29.3 Å². The lowest BCUT2D eigenvalue weighted by Crippen LogP contribution is -2.42. The van der Waals surface area contributed by atoms with Crippen molar-refractivity contribution in [3.63, 3.8) is 0 Å². The Morgan fingerprint density at radius 1 is 1.33 bits per heavy atom. The Labute approximate surface area is 122 Å². The summed E-state index contributed by atoms with van der Waals surface area (Å²) in [7, 11) is 0. The molecule has 2 bridgehead atoms. The first-order chi connectivity index (χ1) is 10.2. The first-order valence-electron chi connectivity index (χ1n) is 7.40. The van der Waals surface area contributed by atoms with E-state index in [1.54, 1.807) is 6.20 Å². The number of ether oxygens (including phenoxy) is 1. The van der Waals surface area contributed by atoms with Crippen LogP contribution in [0.25, 0.3) is 10.9 Å². The number of pyridine rings is 1. The maximum absolute atomic E-state index is 12.0. The van der Waals surface area contributed by atoms with Crippen LogP contribution < -0.4 is 0 Å². The molecule has 3 atom stereocenters. The number of aliphatic carboxylic acids is 1. The number of para-hydroxylation sites is 1. The van der Waals surface area contributed by atoms with Gasteiger partial charge < -0.3 is 9.84 Å². The predicted molar refractivity (Wildman–Crippen MR) is 78.0 cm³/mol. The van der Waals surface area contributed by atoms with E-state index in [0.29, 0.717) is 12.8 Å². The minimum atomic E-state index is -0.783. The third-order valence-corrected chi connectivity index (χ3v) is 4.96. The molecule has 4 nitrogen and oxygen atoms in total. The number of carboxylic acid groups (broad SMARTS) is 1. The number of fused-ring (bicyclic) bond motifs is 3. The molecule has 3 unspecified atom stereocenters. The molecule has 2 aliphatic heterocycles. The summed E-state index contributed by atoms with van der Waals surface area (Å²) < 4.78 is 5.83. The smallest absolute Gasteiger partial charge is 0.312 e. The quantitative estimate of drug-likeness (QED) is 0.941. The van der Waals surface area contributed by atoms with Crippen molar-refractivity contribution in [2.75, 3.05) is 0 Å². The highest BCUT2D eigenvalue weighted by Gasteiger charge is 2.57. The summed E-state index contributed by atoms with van der Waals surface area (Å²) in [5.74, 6) is -0.734. The molecule has 0 saturated carbocycles. The molecular weight excluding hydrogens is 266 g/mol.